The van der Waals surface area contributed by atoms with E-state index >= 15 is 0 Å². The average molecular weight is 336 g/mol. The van der Waals surface area contributed by atoms with Crippen LogP contribution in [0.15, 0.2) is 35.1 Å². The predicted octanol–water partition coefficient (Wildman–Crippen LogP) is 4.96. The minimum atomic E-state index is 0.0673. The van der Waals surface area contributed by atoms with E-state index in [1.54, 1.807) is 0 Å². The first-order chi connectivity index (χ1) is 12.1. The number of aromatic amines is 1. The van der Waals surface area contributed by atoms with Gasteiger partial charge in [-0.05, 0) is 69.6 Å². The summed E-state index contributed by atoms with van der Waals surface area (Å²) in [5, 5.41) is 0. The van der Waals surface area contributed by atoms with Gasteiger partial charge in [-0.25, -0.2) is 4.79 Å². The van der Waals surface area contributed by atoms with Gasteiger partial charge in [-0.15, -0.1) is 0 Å². The summed E-state index contributed by atoms with van der Waals surface area (Å²) in [6, 6.07) is 10.7. The number of H-pyrrole nitrogens is 1. The third-order valence-electron chi connectivity index (χ3n) is 7.08. The maximum atomic E-state index is 12.8. The Morgan fingerprint density at radius 1 is 0.960 bits per heavy atom. The number of nitrogens with one attached hydrogen (secondary N) is 1. The summed E-state index contributed by atoms with van der Waals surface area (Å²) in [6.07, 6.45) is 6.97. The number of benzene rings is 1. The molecule has 0 unspecified atom stereocenters. The van der Waals surface area contributed by atoms with Crippen LogP contribution in [0.4, 0.5) is 0 Å². The smallest absolute Gasteiger partial charge is 0.309 e. The first kappa shape index (κ1) is 15.5. The Balaban J connectivity index is 1.67. The molecule has 0 radical (unpaired) electrons. The summed E-state index contributed by atoms with van der Waals surface area (Å²) in [5.74, 6) is 4.01. The Morgan fingerprint density at radius 2 is 1.56 bits per heavy atom. The average Bonchev–Trinajstić information content (AvgIpc) is 2.92. The number of hydrogen-bond acceptors (Lipinski definition) is 1. The van der Waals surface area contributed by atoms with E-state index in [1.807, 2.05) is 4.57 Å². The van der Waals surface area contributed by atoms with Crippen LogP contribution in [0.1, 0.15) is 63.6 Å². The molecule has 1 aromatic heterocycles. The number of aromatic nitrogens is 2. The molecule has 3 heteroatoms. The molecule has 3 nitrogen and oxygen atoms in total. The fraction of sp³-hybridized carbons (Fsp3) is 0.591. The highest BCUT2D eigenvalue weighted by Gasteiger charge is 2.50. The van der Waals surface area contributed by atoms with Gasteiger partial charge < -0.3 is 4.98 Å². The molecular weight excluding hydrogens is 308 g/mol. The highest BCUT2D eigenvalue weighted by atomic mass is 16.1. The Morgan fingerprint density at radius 3 is 2.12 bits per heavy atom. The molecule has 4 bridgehead atoms. The molecule has 0 atom stereocenters. The van der Waals surface area contributed by atoms with E-state index in [-0.39, 0.29) is 11.7 Å². The third-order valence-corrected chi connectivity index (χ3v) is 7.08. The van der Waals surface area contributed by atoms with Crippen LogP contribution in [-0.4, -0.2) is 9.55 Å². The van der Waals surface area contributed by atoms with Crippen molar-refractivity contribution in [1.82, 2.24) is 9.55 Å². The SMILES string of the molecule is CC(C)n1c(-c2ccccc2)c(C2C3CC4CC(C3)CC2C4)[nH]c1=O. The predicted molar refractivity (Wildman–Crippen MR) is 101 cm³/mol. The Kier molecular flexibility index (Phi) is 3.48. The van der Waals surface area contributed by atoms with Gasteiger partial charge in [-0.1, -0.05) is 30.3 Å². The minimum Gasteiger partial charge on any atom is -0.309 e. The van der Waals surface area contributed by atoms with Crippen molar-refractivity contribution in [3.63, 3.8) is 0 Å². The zero-order chi connectivity index (χ0) is 17.1. The fourth-order valence-electron chi connectivity index (χ4n) is 6.49. The largest absolute Gasteiger partial charge is 0.326 e. The van der Waals surface area contributed by atoms with Gasteiger partial charge in [0.1, 0.15) is 0 Å². The van der Waals surface area contributed by atoms with Crippen molar-refractivity contribution < 1.29 is 0 Å². The van der Waals surface area contributed by atoms with E-state index in [2.05, 4.69) is 49.2 Å². The number of hydrogen-bond donors (Lipinski definition) is 1. The van der Waals surface area contributed by atoms with Crippen LogP contribution in [0.5, 0.6) is 0 Å². The molecule has 4 aliphatic rings. The van der Waals surface area contributed by atoms with E-state index in [4.69, 9.17) is 0 Å². The lowest BCUT2D eigenvalue weighted by Gasteiger charge is -2.54. The van der Waals surface area contributed by atoms with Crippen molar-refractivity contribution in [3.8, 4) is 11.3 Å². The Labute approximate surface area is 149 Å². The second-order valence-corrected chi connectivity index (χ2v) is 8.98. The van der Waals surface area contributed by atoms with Crippen molar-refractivity contribution in [3.05, 3.63) is 46.5 Å². The quantitative estimate of drug-likeness (QED) is 0.845. The van der Waals surface area contributed by atoms with Crippen molar-refractivity contribution in [2.75, 3.05) is 0 Å². The normalized spacial score (nSPS) is 33.3. The molecule has 0 amide bonds. The van der Waals surface area contributed by atoms with E-state index in [0.29, 0.717) is 5.92 Å². The lowest BCUT2D eigenvalue weighted by molar-refractivity contribution is -0.00389. The first-order valence-corrected chi connectivity index (χ1v) is 10.0. The summed E-state index contributed by atoms with van der Waals surface area (Å²) in [7, 11) is 0. The maximum absolute atomic E-state index is 12.8. The summed E-state index contributed by atoms with van der Waals surface area (Å²) in [6.45, 7) is 4.23. The van der Waals surface area contributed by atoms with Crippen molar-refractivity contribution in [1.29, 1.82) is 0 Å². The van der Waals surface area contributed by atoms with Crippen LogP contribution in [-0.2, 0) is 0 Å². The van der Waals surface area contributed by atoms with E-state index in [1.165, 1.54) is 43.4 Å². The molecule has 4 aliphatic carbocycles. The minimum absolute atomic E-state index is 0.0673. The molecule has 132 valence electrons. The molecular formula is C22H28N2O. The molecule has 0 saturated heterocycles. The van der Waals surface area contributed by atoms with Crippen LogP contribution in [0, 0.1) is 23.7 Å². The molecule has 25 heavy (non-hydrogen) atoms. The van der Waals surface area contributed by atoms with Crippen LogP contribution < -0.4 is 5.69 Å². The summed E-state index contributed by atoms with van der Waals surface area (Å²) >= 11 is 0. The first-order valence-electron chi connectivity index (χ1n) is 10.0. The number of rotatable bonds is 3. The van der Waals surface area contributed by atoms with Gasteiger partial charge in [0.2, 0.25) is 0 Å². The highest BCUT2D eigenvalue weighted by molar-refractivity contribution is 5.63. The summed E-state index contributed by atoms with van der Waals surface area (Å²) in [4.78, 5) is 16.1. The molecule has 1 aromatic carbocycles. The fourth-order valence-corrected chi connectivity index (χ4v) is 6.49. The van der Waals surface area contributed by atoms with Crippen LogP contribution in [0.25, 0.3) is 11.3 Å². The Bertz CT molecular complexity index is 801. The molecule has 1 heterocycles. The van der Waals surface area contributed by atoms with Gasteiger partial charge >= 0.3 is 5.69 Å². The molecule has 6 rings (SSSR count). The van der Waals surface area contributed by atoms with E-state index < -0.39 is 0 Å². The van der Waals surface area contributed by atoms with Crippen LogP contribution in [0.3, 0.4) is 0 Å². The number of nitrogens with zero attached hydrogens (tertiary/aromatic N) is 1. The van der Waals surface area contributed by atoms with Gasteiger partial charge in [0.25, 0.3) is 0 Å². The van der Waals surface area contributed by atoms with Gasteiger partial charge in [0.15, 0.2) is 0 Å². The second kappa shape index (κ2) is 5.62. The zero-order valence-corrected chi connectivity index (χ0v) is 15.2. The third kappa shape index (κ3) is 2.35. The zero-order valence-electron chi connectivity index (χ0n) is 15.2. The number of imidazole rings is 1. The standard InChI is InChI=1S/C22H28N2O/c1-13(2)24-21(16-6-4-3-5-7-16)20(23-22(24)25)19-17-9-14-8-15(11-17)12-18(19)10-14/h3-7,13-15,17-19H,8-12H2,1-2H3,(H,23,25). The van der Waals surface area contributed by atoms with Crippen molar-refractivity contribution in [2.24, 2.45) is 23.7 Å². The van der Waals surface area contributed by atoms with E-state index in [9.17, 15) is 4.79 Å². The summed E-state index contributed by atoms with van der Waals surface area (Å²) in [5.41, 5.74) is 3.63. The second-order valence-electron chi connectivity index (χ2n) is 8.98. The molecule has 4 saturated carbocycles. The van der Waals surface area contributed by atoms with Crippen LogP contribution >= 0.6 is 0 Å². The molecule has 1 N–H and O–H groups in total. The van der Waals surface area contributed by atoms with Gasteiger partial charge in [0.05, 0.1) is 5.69 Å². The van der Waals surface area contributed by atoms with Crippen molar-refractivity contribution in [2.45, 2.75) is 57.9 Å². The van der Waals surface area contributed by atoms with E-state index in [0.717, 1.165) is 29.4 Å². The van der Waals surface area contributed by atoms with Crippen LogP contribution in [0.2, 0.25) is 0 Å². The van der Waals surface area contributed by atoms with Gasteiger partial charge in [-0.3, -0.25) is 4.57 Å². The lowest BCUT2D eigenvalue weighted by atomic mass is 9.51. The highest BCUT2D eigenvalue weighted by Crippen LogP contribution is 2.60. The maximum Gasteiger partial charge on any atom is 0.326 e. The van der Waals surface area contributed by atoms with Crippen molar-refractivity contribution >= 4 is 0 Å². The monoisotopic (exact) mass is 336 g/mol. The Hall–Kier alpha value is -1.77. The molecule has 2 aromatic rings. The van der Waals surface area contributed by atoms with Gasteiger partial charge in [-0.2, -0.15) is 0 Å². The topological polar surface area (TPSA) is 37.8 Å². The summed E-state index contributed by atoms with van der Waals surface area (Å²) < 4.78 is 1.98. The lowest BCUT2D eigenvalue weighted by Crippen LogP contribution is -2.44. The molecule has 4 fully saturated rings. The molecule has 0 spiro atoms. The molecule has 0 aliphatic heterocycles. The van der Waals surface area contributed by atoms with Gasteiger partial charge in [0, 0.05) is 23.2 Å².